The summed E-state index contributed by atoms with van der Waals surface area (Å²) in [6.45, 7) is 9.68. The third kappa shape index (κ3) is 5.57. The average Bonchev–Trinajstić information content (AvgIpc) is 2.96. The van der Waals surface area contributed by atoms with Gasteiger partial charge in [0.1, 0.15) is 12.4 Å². The molecule has 2 heterocycles. The van der Waals surface area contributed by atoms with Gasteiger partial charge >= 0.3 is 0 Å². The number of carbonyl (C=O) groups is 1. The van der Waals surface area contributed by atoms with E-state index in [4.69, 9.17) is 4.74 Å². The highest BCUT2D eigenvalue weighted by atomic mass is 32.2. The maximum atomic E-state index is 11.6. The smallest absolute Gasteiger partial charge is 0.246 e. The lowest BCUT2D eigenvalue weighted by atomic mass is 10.3. The van der Waals surface area contributed by atoms with Crippen molar-refractivity contribution in [3.63, 3.8) is 0 Å². The van der Waals surface area contributed by atoms with Gasteiger partial charge in [0.25, 0.3) is 0 Å². The van der Waals surface area contributed by atoms with Crippen molar-refractivity contribution in [2.24, 2.45) is 0 Å². The summed E-state index contributed by atoms with van der Waals surface area (Å²) in [5.74, 6) is 1.56. The maximum absolute atomic E-state index is 11.6. The van der Waals surface area contributed by atoms with Crippen molar-refractivity contribution in [1.82, 2.24) is 25.1 Å². The normalized spacial score (nSPS) is 11.2. The molecule has 0 fully saturated rings. The molecule has 0 atom stereocenters. The molecule has 138 valence electrons. The van der Waals surface area contributed by atoms with Crippen LogP contribution in [0.15, 0.2) is 11.4 Å². The van der Waals surface area contributed by atoms with Gasteiger partial charge in [-0.1, -0.05) is 18.7 Å². The van der Waals surface area contributed by atoms with Crippen LogP contribution in [0, 0.1) is 0 Å². The number of amides is 1. The molecule has 9 heteroatoms. The lowest BCUT2D eigenvalue weighted by Gasteiger charge is -2.11. The first-order valence-corrected chi connectivity index (χ1v) is 9.51. The Balaban J connectivity index is 2.14. The quantitative estimate of drug-likeness (QED) is 0.490. The Morgan fingerprint density at radius 3 is 2.84 bits per heavy atom. The second-order valence-corrected chi connectivity index (χ2v) is 6.91. The van der Waals surface area contributed by atoms with Crippen molar-refractivity contribution in [2.45, 2.75) is 45.4 Å². The fraction of sp³-hybridized carbons (Fsp3) is 0.625. The van der Waals surface area contributed by atoms with E-state index in [9.17, 15) is 4.79 Å². The van der Waals surface area contributed by atoms with Crippen LogP contribution in [-0.4, -0.2) is 57.2 Å². The predicted octanol–water partition coefficient (Wildman–Crippen LogP) is 1.91. The van der Waals surface area contributed by atoms with E-state index in [1.807, 2.05) is 6.92 Å². The number of nitrogens with zero attached hydrogens (tertiary/aromatic N) is 4. The maximum Gasteiger partial charge on any atom is 0.246 e. The Bertz CT molecular complexity index is 703. The van der Waals surface area contributed by atoms with Gasteiger partial charge in [0, 0.05) is 19.2 Å². The number of hydrogen-bond acceptors (Lipinski definition) is 7. The summed E-state index contributed by atoms with van der Waals surface area (Å²) >= 11 is 1.59. The van der Waals surface area contributed by atoms with Gasteiger partial charge in [0.2, 0.25) is 5.91 Å². The fourth-order valence-electron chi connectivity index (χ4n) is 2.22. The second-order valence-electron chi connectivity index (χ2n) is 5.68. The number of carbonyl (C=O) groups excluding carboxylic acids is 1. The molecule has 0 aliphatic rings. The first-order valence-electron chi connectivity index (χ1n) is 8.52. The van der Waals surface area contributed by atoms with Crippen LogP contribution in [0.5, 0.6) is 0 Å². The van der Waals surface area contributed by atoms with E-state index in [2.05, 4.69) is 46.5 Å². The summed E-state index contributed by atoms with van der Waals surface area (Å²) in [4.78, 5) is 20.8. The zero-order valence-electron chi connectivity index (χ0n) is 15.2. The molecule has 0 saturated carbocycles. The summed E-state index contributed by atoms with van der Waals surface area (Å²) in [6.07, 6.45) is 1.77. The first-order chi connectivity index (χ1) is 12.0. The largest absolute Gasteiger partial charge is 0.372 e. The van der Waals surface area contributed by atoms with Gasteiger partial charge in [-0.15, -0.1) is 0 Å². The van der Waals surface area contributed by atoms with Crippen molar-refractivity contribution in [3.05, 3.63) is 6.20 Å². The molecule has 0 bridgehead atoms. The van der Waals surface area contributed by atoms with E-state index in [-0.39, 0.29) is 18.6 Å². The molecule has 0 saturated heterocycles. The summed E-state index contributed by atoms with van der Waals surface area (Å²) in [5.41, 5.74) is 0.771. The van der Waals surface area contributed by atoms with E-state index in [1.54, 1.807) is 22.6 Å². The molecule has 25 heavy (non-hydrogen) atoms. The lowest BCUT2D eigenvalue weighted by molar-refractivity contribution is -0.125. The van der Waals surface area contributed by atoms with Crippen LogP contribution < -0.4 is 10.6 Å². The molecule has 2 N–H and O–H groups in total. The van der Waals surface area contributed by atoms with Gasteiger partial charge in [-0.3, -0.25) is 4.79 Å². The Kier molecular flexibility index (Phi) is 7.45. The Labute approximate surface area is 152 Å². The van der Waals surface area contributed by atoms with Gasteiger partial charge in [0.15, 0.2) is 10.8 Å². The number of fused-ring (bicyclic) bond motifs is 1. The summed E-state index contributed by atoms with van der Waals surface area (Å²) in [7, 11) is 0. The third-order valence-electron chi connectivity index (χ3n) is 3.26. The number of nitrogens with one attached hydrogen (secondary N) is 2. The lowest BCUT2D eigenvalue weighted by Crippen LogP contribution is -2.30. The average molecular weight is 366 g/mol. The van der Waals surface area contributed by atoms with Crippen molar-refractivity contribution < 1.29 is 9.53 Å². The van der Waals surface area contributed by atoms with Gasteiger partial charge < -0.3 is 15.4 Å². The molecule has 2 rings (SSSR count). The molecule has 0 radical (unpaired) electrons. The van der Waals surface area contributed by atoms with E-state index in [1.165, 1.54) is 0 Å². The highest BCUT2D eigenvalue weighted by molar-refractivity contribution is 7.99. The topological polar surface area (TPSA) is 94.0 Å². The summed E-state index contributed by atoms with van der Waals surface area (Å²) < 4.78 is 6.88. The SMILES string of the molecule is CCOCC(=O)NCCn1ncc2c(NC(C)C)nc(SCC)nc21. The number of ether oxygens (including phenoxy) is 1. The minimum Gasteiger partial charge on any atom is -0.372 e. The molecule has 0 aliphatic heterocycles. The molecule has 0 spiro atoms. The molecule has 0 unspecified atom stereocenters. The summed E-state index contributed by atoms with van der Waals surface area (Å²) in [6, 6.07) is 0.263. The van der Waals surface area contributed by atoms with Crippen LogP contribution in [0.4, 0.5) is 5.82 Å². The van der Waals surface area contributed by atoms with E-state index in [0.717, 1.165) is 27.8 Å². The van der Waals surface area contributed by atoms with E-state index >= 15 is 0 Å². The van der Waals surface area contributed by atoms with Crippen LogP contribution in [0.25, 0.3) is 11.0 Å². The molecule has 8 nitrogen and oxygen atoms in total. The van der Waals surface area contributed by atoms with Crippen LogP contribution >= 0.6 is 11.8 Å². The van der Waals surface area contributed by atoms with Gasteiger partial charge in [-0.2, -0.15) is 5.10 Å². The van der Waals surface area contributed by atoms with Gasteiger partial charge in [0.05, 0.1) is 18.1 Å². The highest BCUT2D eigenvalue weighted by Gasteiger charge is 2.14. The zero-order chi connectivity index (χ0) is 18.2. The number of rotatable bonds is 10. The van der Waals surface area contributed by atoms with Crippen molar-refractivity contribution >= 4 is 34.5 Å². The van der Waals surface area contributed by atoms with Crippen molar-refractivity contribution in [1.29, 1.82) is 0 Å². The zero-order valence-corrected chi connectivity index (χ0v) is 16.0. The van der Waals surface area contributed by atoms with Crippen LogP contribution in [0.2, 0.25) is 0 Å². The monoisotopic (exact) mass is 366 g/mol. The van der Waals surface area contributed by atoms with Crippen molar-refractivity contribution in [3.8, 4) is 0 Å². The second kappa shape index (κ2) is 9.57. The summed E-state index contributed by atoms with van der Waals surface area (Å²) in [5, 5.41) is 12.2. The Hall–Kier alpha value is -1.87. The molecule has 0 aromatic carbocycles. The Morgan fingerprint density at radius 2 is 2.16 bits per heavy atom. The number of aromatic nitrogens is 4. The van der Waals surface area contributed by atoms with E-state index < -0.39 is 0 Å². The standard InChI is InChI=1S/C16H26N6O2S/c1-5-24-10-13(23)17-7-8-22-15-12(9-18-22)14(19-11(3)4)20-16(21-15)25-6-2/h9,11H,5-8,10H2,1-4H3,(H,17,23)(H,19,20,21). The molecular formula is C16H26N6O2S. The molecule has 1 amide bonds. The predicted molar refractivity (Wildman–Crippen MR) is 100.0 cm³/mol. The van der Waals surface area contributed by atoms with Crippen LogP contribution in [-0.2, 0) is 16.1 Å². The molecule has 2 aromatic rings. The Morgan fingerprint density at radius 1 is 1.36 bits per heavy atom. The van der Waals surface area contributed by atoms with Crippen LogP contribution in [0.3, 0.4) is 0 Å². The third-order valence-corrected chi connectivity index (χ3v) is 3.99. The minimum absolute atomic E-state index is 0.0816. The van der Waals surface area contributed by atoms with E-state index in [0.29, 0.717) is 19.7 Å². The number of hydrogen-bond donors (Lipinski definition) is 2. The number of thioether (sulfide) groups is 1. The minimum atomic E-state index is -0.127. The first kappa shape index (κ1) is 19.5. The van der Waals surface area contributed by atoms with Crippen molar-refractivity contribution in [2.75, 3.05) is 30.8 Å². The highest BCUT2D eigenvalue weighted by Crippen LogP contribution is 2.24. The molecule has 0 aliphatic carbocycles. The molecule has 2 aromatic heterocycles. The fourth-order valence-corrected chi connectivity index (χ4v) is 2.79. The molecular weight excluding hydrogens is 340 g/mol. The van der Waals surface area contributed by atoms with Gasteiger partial charge in [-0.25, -0.2) is 14.6 Å². The van der Waals surface area contributed by atoms with Gasteiger partial charge in [-0.05, 0) is 26.5 Å². The number of anilines is 1. The van der Waals surface area contributed by atoms with Crippen LogP contribution in [0.1, 0.15) is 27.7 Å².